The SMILES string of the molecule is N[C@@H]1C=CC(O)=CC1. The zero-order chi connectivity index (χ0) is 5.98. The van der Waals surface area contributed by atoms with Crippen molar-refractivity contribution in [2.75, 3.05) is 0 Å². The molecular formula is C6H9NO. The average molecular weight is 111 g/mol. The zero-order valence-corrected chi connectivity index (χ0v) is 4.54. The van der Waals surface area contributed by atoms with Crippen molar-refractivity contribution in [2.45, 2.75) is 12.5 Å². The number of allylic oxidation sites excluding steroid dienone is 1. The lowest BCUT2D eigenvalue weighted by Gasteiger charge is -2.06. The Kier molecular flexibility index (Phi) is 1.35. The van der Waals surface area contributed by atoms with E-state index >= 15 is 0 Å². The Morgan fingerprint density at radius 3 is 2.88 bits per heavy atom. The standard InChI is InChI=1S/C6H9NO/c7-5-1-3-6(8)4-2-5/h1,3-5,8H,2,7H2/t5-/m1/s1. The second-order valence-electron chi connectivity index (χ2n) is 1.89. The van der Waals surface area contributed by atoms with Crippen LogP contribution in [0, 0.1) is 0 Å². The van der Waals surface area contributed by atoms with Gasteiger partial charge >= 0.3 is 0 Å². The summed E-state index contributed by atoms with van der Waals surface area (Å²) in [6, 6.07) is 0.103. The second-order valence-corrected chi connectivity index (χ2v) is 1.89. The number of hydrogen-bond donors (Lipinski definition) is 2. The Morgan fingerprint density at radius 1 is 1.75 bits per heavy atom. The van der Waals surface area contributed by atoms with Crippen LogP contribution in [0.25, 0.3) is 0 Å². The second kappa shape index (κ2) is 2.01. The maximum Gasteiger partial charge on any atom is 0.111 e. The fraction of sp³-hybridized carbons (Fsp3) is 0.333. The van der Waals surface area contributed by atoms with Crippen LogP contribution in [-0.4, -0.2) is 11.1 Å². The molecule has 0 unspecified atom stereocenters. The monoisotopic (exact) mass is 111 g/mol. The molecule has 0 fully saturated rings. The molecule has 1 aliphatic rings. The predicted molar refractivity (Wildman–Crippen MR) is 32.4 cm³/mol. The minimum Gasteiger partial charge on any atom is -0.508 e. The molecule has 0 amide bonds. The lowest BCUT2D eigenvalue weighted by Crippen LogP contribution is -2.17. The fourth-order valence-corrected chi connectivity index (χ4v) is 0.626. The van der Waals surface area contributed by atoms with Crippen LogP contribution < -0.4 is 5.73 Å². The quantitative estimate of drug-likeness (QED) is 0.483. The number of aliphatic hydroxyl groups excluding tert-OH is 1. The van der Waals surface area contributed by atoms with E-state index in [1.165, 1.54) is 0 Å². The molecule has 0 aliphatic heterocycles. The van der Waals surface area contributed by atoms with Gasteiger partial charge in [-0.1, -0.05) is 6.08 Å². The van der Waals surface area contributed by atoms with Gasteiger partial charge in [0.1, 0.15) is 5.76 Å². The molecule has 8 heavy (non-hydrogen) atoms. The van der Waals surface area contributed by atoms with Crippen LogP contribution in [0.4, 0.5) is 0 Å². The third-order valence-corrected chi connectivity index (χ3v) is 1.11. The summed E-state index contributed by atoms with van der Waals surface area (Å²) in [5.74, 6) is 0.326. The fourth-order valence-electron chi connectivity index (χ4n) is 0.626. The maximum absolute atomic E-state index is 8.75. The normalized spacial score (nSPS) is 27.6. The molecule has 3 N–H and O–H groups in total. The van der Waals surface area contributed by atoms with Gasteiger partial charge in [-0.2, -0.15) is 0 Å². The molecule has 1 atom stereocenters. The summed E-state index contributed by atoms with van der Waals surface area (Å²) in [6.45, 7) is 0. The van der Waals surface area contributed by atoms with Crippen molar-refractivity contribution in [2.24, 2.45) is 5.73 Å². The van der Waals surface area contributed by atoms with E-state index in [2.05, 4.69) is 0 Å². The molecule has 0 heterocycles. The highest BCUT2D eigenvalue weighted by atomic mass is 16.3. The minimum atomic E-state index is 0.103. The first-order valence-corrected chi connectivity index (χ1v) is 2.62. The van der Waals surface area contributed by atoms with Gasteiger partial charge in [0, 0.05) is 6.04 Å². The van der Waals surface area contributed by atoms with Gasteiger partial charge in [0.05, 0.1) is 0 Å². The first-order chi connectivity index (χ1) is 3.79. The van der Waals surface area contributed by atoms with E-state index in [1.54, 1.807) is 18.2 Å². The largest absolute Gasteiger partial charge is 0.508 e. The van der Waals surface area contributed by atoms with E-state index in [0.29, 0.717) is 5.76 Å². The topological polar surface area (TPSA) is 46.2 Å². The molecule has 0 aromatic rings. The number of nitrogens with two attached hydrogens (primary N) is 1. The summed E-state index contributed by atoms with van der Waals surface area (Å²) in [7, 11) is 0. The molecule has 0 radical (unpaired) electrons. The Morgan fingerprint density at radius 2 is 2.50 bits per heavy atom. The van der Waals surface area contributed by atoms with Crippen LogP contribution >= 0.6 is 0 Å². The molecule has 1 aliphatic carbocycles. The number of hydrogen-bond acceptors (Lipinski definition) is 2. The van der Waals surface area contributed by atoms with Crippen molar-refractivity contribution in [1.29, 1.82) is 0 Å². The van der Waals surface area contributed by atoms with E-state index in [4.69, 9.17) is 10.8 Å². The smallest absolute Gasteiger partial charge is 0.111 e. The molecule has 2 heteroatoms. The zero-order valence-electron chi connectivity index (χ0n) is 4.54. The van der Waals surface area contributed by atoms with Crippen LogP contribution in [0.5, 0.6) is 0 Å². The Balaban J connectivity index is 2.58. The van der Waals surface area contributed by atoms with Crippen LogP contribution in [0.15, 0.2) is 24.0 Å². The average Bonchev–Trinajstić information content (AvgIpc) is 1.77. The van der Waals surface area contributed by atoms with E-state index in [0.717, 1.165) is 6.42 Å². The Hall–Kier alpha value is -0.760. The molecule has 44 valence electrons. The predicted octanol–water partition coefficient (Wildman–Crippen LogP) is 0.716. The molecular weight excluding hydrogens is 102 g/mol. The van der Waals surface area contributed by atoms with Crippen LogP contribution in [0.3, 0.4) is 0 Å². The van der Waals surface area contributed by atoms with E-state index in [-0.39, 0.29) is 6.04 Å². The molecule has 0 aromatic heterocycles. The lowest BCUT2D eigenvalue weighted by molar-refractivity contribution is 0.425. The molecule has 0 saturated heterocycles. The van der Waals surface area contributed by atoms with Gasteiger partial charge in [-0.3, -0.25) is 0 Å². The third kappa shape index (κ3) is 1.10. The van der Waals surface area contributed by atoms with Crippen molar-refractivity contribution in [1.82, 2.24) is 0 Å². The summed E-state index contributed by atoms with van der Waals surface area (Å²) in [4.78, 5) is 0. The van der Waals surface area contributed by atoms with Crippen molar-refractivity contribution in [3.63, 3.8) is 0 Å². The molecule has 0 aromatic carbocycles. The van der Waals surface area contributed by atoms with Gasteiger partial charge in [0.15, 0.2) is 0 Å². The Bertz CT molecular complexity index is 137. The van der Waals surface area contributed by atoms with Crippen LogP contribution in [-0.2, 0) is 0 Å². The highest BCUT2D eigenvalue weighted by Crippen LogP contribution is 2.04. The van der Waals surface area contributed by atoms with E-state index in [9.17, 15) is 0 Å². The van der Waals surface area contributed by atoms with Crippen LogP contribution in [0.2, 0.25) is 0 Å². The summed E-state index contributed by atoms with van der Waals surface area (Å²) in [5, 5.41) is 8.75. The van der Waals surface area contributed by atoms with Gasteiger partial charge < -0.3 is 10.8 Å². The van der Waals surface area contributed by atoms with E-state index in [1.807, 2.05) is 0 Å². The van der Waals surface area contributed by atoms with Gasteiger partial charge in [-0.15, -0.1) is 0 Å². The van der Waals surface area contributed by atoms with Crippen molar-refractivity contribution >= 4 is 0 Å². The highest BCUT2D eigenvalue weighted by Gasteiger charge is 1.99. The number of rotatable bonds is 0. The maximum atomic E-state index is 8.75. The van der Waals surface area contributed by atoms with E-state index < -0.39 is 0 Å². The lowest BCUT2D eigenvalue weighted by atomic mass is 10.1. The number of aliphatic hydroxyl groups is 1. The first kappa shape index (κ1) is 5.38. The first-order valence-electron chi connectivity index (χ1n) is 2.62. The minimum absolute atomic E-state index is 0.103. The van der Waals surface area contributed by atoms with Crippen molar-refractivity contribution in [3.05, 3.63) is 24.0 Å². The van der Waals surface area contributed by atoms with Gasteiger partial charge in [0.2, 0.25) is 0 Å². The summed E-state index contributed by atoms with van der Waals surface area (Å²) in [6.07, 6.45) is 5.87. The summed E-state index contributed by atoms with van der Waals surface area (Å²) in [5.41, 5.74) is 5.45. The highest BCUT2D eigenvalue weighted by molar-refractivity contribution is 5.18. The molecule has 1 rings (SSSR count). The summed E-state index contributed by atoms with van der Waals surface area (Å²) >= 11 is 0. The molecule has 0 spiro atoms. The van der Waals surface area contributed by atoms with Gasteiger partial charge in [0.25, 0.3) is 0 Å². The van der Waals surface area contributed by atoms with Crippen molar-refractivity contribution < 1.29 is 5.11 Å². The van der Waals surface area contributed by atoms with Crippen molar-refractivity contribution in [3.8, 4) is 0 Å². The van der Waals surface area contributed by atoms with Crippen LogP contribution in [0.1, 0.15) is 6.42 Å². The molecule has 0 bridgehead atoms. The van der Waals surface area contributed by atoms with Gasteiger partial charge in [-0.05, 0) is 18.6 Å². The Labute approximate surface area is 48.3 Å². The summed E-state index contributed by atoms with van der Waals surface area (Å²) < 4.78 is 0. The third-order valence-electron chi connectivity index (χ3n) is 1.11. The molecule has 2 nitrogen and oxygen atoms in total. The van der Waals surface area contributed by atoms with Gasteiger partial charge in [-0.25, -0.2) is 0 Å². The molecule has 0 saturated carbocycles.